The molecule has 1 amide bonds. The lowest BCUT2D eigenvalue weighted by molar-refractivity contribution is -0.117. The molecule has 0 saturated carbocycles. The fraction of sp³-hybridized carbons (Fsp3) is 0.286. The summed E-state index contributed by atoms with van der Waals surface area (Å²) >= 11 is 0. The van der Waals surface area contributed by atoms with Crippen LogP contribution in [0.2, 0.25) is 0 Å². The van der Waals surface area contributed by atoms with E-state index in [2.05, 4.69) is 10.1 Å². The van der Waals surface area contributed by atoms with Crippen LogP contribution in [-0.2, 0) is 24.2 Å². The summed E-state index contributed by atoms with van der Waals surface area (Å²) in [5.41, 5.74) is 1.55. The fourth-order valence-corrected chi connectivity index (χ4v) is 2.30. The first-order chi connectivity index (χ1) is 10.1. The van der Waals surface area contributed by atoms with Crippen molar-refractivity contribution in [1.82, 2.24) is 10.1 Å². The van der Waals surface area contributed by atoms with Crippen molar-refractivity contribution >= 4 is 17.6 Å². The summed E-state index contributed by atoms with van der Waals surface area (Å²) in [6.45, 7) is 2.06. The maximum Gasteiger partial charge on any atom is 0.335 e. The van der Waals surface area contributed by atoms with Gasteiger partial charge in [-0.25, -0.2) is 4.79 Å². The summed E-state index contributed by atoms with van der Waals surface area (Å²) in [4.78, 5) is 28.8. The quantitative estimate of drug-likeness (QED) is 0.913. The summed E-state index contributed by atoms with van der Waals surface area (Å²) in [6.07, 6.45) is 0.904. The normalized spacial score (nSPS) is 13.6. The number of aryl methyl sites for hydroxylation is 1. The average Bonchev–Trinajstić information content (AvgIpc) is 3.04. The molecule has 0 unspecified atom stereocenters. The molecule has 7 nitrogen and oxygen atoms in total. The minimum Gasteiger partial charge on any atom is -0.478 e. The summed E-state index contributed by atoms with van der Waals surface area (Å²) in [6, 6.07) is 4.67. The van der Waals surface area contributed by atoms with Crippen LogP contribution in [0.5, 0.6) is 0 Å². The van der Waals surface area contributed by atoms with Crippen molar-refractivity contribution in [2.45, 2.75) is 26.3 Å². The van der Waals surface area contributed by atoms with Crippen LogP contribution in [0.15, 0.2) is 22.7 Å². The van der Waals surface area contributed by atoms with Crippen molar-refractivity contribution in [1.29, 1.82) is 0 Å². The Bertz CT molecular complexity index is 723. The van der Waals surface area contributed by atoms with Gasteiger partial charge in [-0.15, -0.1) is 0 Å². The molecule has 1 aliphatic heterocycles. The van der Waals surface area contributed by atoms with E-state index in [9.17, 15) is 9.59 Å². The maximum atomic E-state index is 12.1. The molecular weight excluding hydrogens is 274 g/mol. The van der Waals surface area contributed by atoms with Crippen LogP contribution >= 0.6 is 0 Å². The number of anilines is 1. The van der Waals surface area contributed by atoms with Gasteiger partial charge in [0.05, 0.1) is 12.0 Å². The lowest BCUT2D eigenvalue weighted by atomic mass is 10.1. The number of aromatic carboxylic acids is 1. The van der Waals surface area contributed by atoms with E-state index in [1.54, 1.807) is 6.07 Å². The van der Waals surface area contributed by atoms with E-state index >= 15 is 0 Å². The second-order valence-electron chi connectivity index (χ2n) is 4.76. The maximum absolute atomic E-state index is 12.1. The highest BCUT2D eigenvalue weighted by Crippen LogP contribution is 2.31. The molecule has 0 bridgehead atoms. The molecule has 0 fully saturated rings. The molecule has 2 aromatic rings. The second-order valence-corrected chi connectivity index (χ2v) is 4.76. The standard InChI is InChI=1S/C14H13N3O4/c1-2-11-15-12(21-16-11)7-17-10-5-9(14(19)20)4-3-8(10)6-13(17)18/h3-5H,2,6-7H2,1H3,(H,19,20). The Morgan fingerprint density at radius 2 is 2.29 bits per heavy atom. The molecule has 1 aliphatic rings. The molecule has 2 heterocycles. The number of rotatable bonds is 4. The zero-order valence-electron chi connectivity index (χ0n) is 11.4. The van der Waals surface area contributed by atoms with Gasteiger partial charge in [-0.05, 0) is 17.7 Å². The number of benzene rings is 1. The van der Waals surface area contributed by atoms with Gasteiger partial charge >= 0.3 is 5.97 Å². The number of amides is 1. The number of hydrogen-bond acceptors (Lipinski definition) is 5. The Kier molecular flexibility index (Phi) is 3.17. The first-order valence-corrected chi connectivity index (χ1v) is 6.56. The zero-order chi connectivity index (χ0) is 15.0. The fourth-order valence-electron chi connectivity index (χ4n) is 2.30. The molecule has 21 heavy (non-hydrogen) atoms. The molecule has 3 rings (SSSR count). The van der Waals surface area contributed by atoms with Crippen LogP contribution < -0.4 is 4.90 Å². The third-order valence-corrected chi connectivity index (χ3v) is 3.39. The van der Waals surface area contributed by atoms with Crippen molar-refractivity contribution in [2.75, 3.05) is 4.90 Å². The monoisotopic (exact) mass is 287 g/mol. The van der Waals surface area contributed by atoms with Gasteiger partial charge < -0.3 is 14.5 Å². The summed E-state index contributed by atoms with van der Waals surface area (Å²) in [5, 5.41) is 12.8. The molecule has 1 aromatic carbocycles. The zero-order valence-corrected chi connectivity index (χ0v) is 11.4. The minimum atomic E-state index is -1.02. The number of carboxylic acids is 1. The van der Waals surface area contributed by atoms with E-state index in [0.29, 0.717) is 23.8 Å². The highest BCUT2D eigenvalue weighted by molar-refractivity contribution is 6.02. The molecule has 0 radical (unpaired) electrons. The Morgan fingerprint density at radius 1 is 1.48 bits per heavy atom. The number of hydrogen-bond donors (Lipinski definition) is 1. The van der Waals surface area contributed by atoms with Gasteiger partial charge in [-0.1, -0.05) is 18.1 Å². The Hall–Kier alpha value is -2.70. The van der Waals surface area contributed by atoms with Crippen LogP contribution in [0.4, 0.5) is 5.69 Å². The van der Waals surface area contributed by atoms with Gasteiger partial charge in [-0.3, -0.25) is 4.79 Å². The molecule has 1 N–H and O–H groups in total. The van der Waals surface area contributed by atoms with Crippen LogP contribution in [0.25, 0.3) is 0 Å². The number of fused-ring (bicyclic) bond motifs is 1. The molecule has 0 spiro atoms. The van der Waals surface area contributed by atoms with Gasteiger partial charge in [0.15, 0.2) is 5.82 Å². The van der Waals surface area contributed by atoms with E-state index < -0.39 is 5.97 Å². The van der Waals surface area contributed by atoms with Gasteiger partial charge in [0.25, 0.3) is 0 Å². The Labute approximate surface area is 120 Å². The first-order valence-electron chi connectivity index (χ1n) is 6.56. The van der Waals surface area contributed by atoms with Crippen molar-refractivity contribution in [3.05, 3.63) is 41.0 Å². The van der Waals surface area contributed by atoms with Crippen molar-refractivity contribution in [3.63, 3.8) is 0 Å². The van der Waals surface area contributed by atoms with E-state index in [1.807, 2.05) is 6.92 Å². The Balaban J connectivity index is 1.91. The number of carbonyl (C=O) groups excluding carboxylic acids is 1. The van der Waals surface area contributed by atoms with Gasteiger partial charge in [0, 0.05) is 12.1 Å². The molecule has 0 saturated heterocycles. The van der Waals surface area contributed by atoms with Crippen molar-refractivity contribution in [3.8, 4) is 0 Å². The van der Waals surface area contributed by atoms with E-state index in [-0.39, 0.29) is 24.4 Å². The highest BCUT2D eigenvalue weighted by Gasteiger charge is 2.29. The molecular formula is C14H13N3O4. The van der Waals surface area contributed by atoms with E-state index in [1.165, 1.54) is 17.0 Å². The van der Waals surface area contributed by atoms with Gasteiger partial charge in [0.2, 0.25) is 11.8 Å². The predicted octanol–water partition coefficient (Wildman–Crippen LogP) is 1.42. The van der Waals surface area contributed by atoms with Crippen LogP contribution in [-0.4, -0.2) is 27.1 Å². The smallest absolute Gasteiger partial charge is 0.335 e. The number of nitrogens with zero attached hydrogens (tertiary/aromatic N) is 3. The SMILES string of the molecule is CCc1noc(CN2C(=O)Cc3ccc(C(=O)O)cc32)n1. The highest BCUT2D eigenvalue weighted by atomic mass is 16.5. The number of carbonyl (C=O) groups is 2. The van der Waals surface area contributed by atoms with Crippen molar-refractivity contribution in [2.24, 2.45) is 0 Å². The lowest BCUT2D eigenvalue weighted by Gasteiger charge is -2.15. The topological polar surface area (TPSA) is 96.5 Å². The first kappa shape index (κ1) is 13.3. The molecule has 7 heteroatoms. The molecule has 1 aromatic heterocycles. The number of aromatic nitrogens is 2. The summed E-state index contributed by atoms with van der Waals surface area (Å²) in [5.74, 6) is -0.211. The van der Waals surface area contributed by atoms with Gasteiger partial charge in [0.1, 0.15) is 6.54 Å². The third kappa shape index (κ3) is 2.37. The molecule has 0 aliphatic carbocycles. The van der Waals surface area contributed by atoms with Crippen molar-refractivity contribution < 1.29 is 19.2 Å². The predicted molar refractivity (Wildman–Crippen MR) is 72.0 cm³/mol. The largest absolute Gasteiger partial charge is 0.478 e. The Morgan fingerprint density at radius 3 is 2.95 bits per heavy atom. The third-order valence-electron chi connectivity index (χ3n) is 3.39. The molecule has 0 atom stereocenters. The van der Waals surface area contributed by atoms with Crippen LogP contribution in [0, 0.1) is 0 Å². The van der Waals surface area contributed by atoms with Gasteiger partial charge in [-0.2, -0.15) is 4.98 Å². The second kappa shape index (κ2) is 5.01. The minimum absolute atomic E-state index is 0.108. The van der Waals surface area contributed by atoms with Crippen LogP contribution in [0.1, 0.15) is 34.6 Å². The average molecular weight is 287 g/mol. The van der Waals surface area contributed by atoms with Crippen LogP contribution in [0.3, 0.4) is 0 Å². The number of carboxylic acid groups (broad SMARTS) is 1. The summed E-state index contributed by atoms with van der Waals surface area (Å²) in [7, 11) is 0. The summed E-state index contributed by atoms with van der Waals surface area (Å²) < 4.78 is 5.09. The van der Waals surface area contributed by atoms with E-state index in [4.69, 9.17) is 9.63 Å². The van der Waals surface area contributed by atoms with E-state index in [0.717, 1.165) is 5.56 Å². The lowest BCUT2D eigenvalue weighted by Crippen LogP contribution is -2.26. The molecule has 108 valence electrons.